The van der Waals surface area contributed by atoms with Gasteiger partial charge in [-0.15, -0.1) is 0 Å². The van der Waals surface area contributed by atoms with Gasteiger partial charge in [-0.1, -0.05) is 27.2 Å². The number of hydrogen-bond acceptors (Lipinski definition) is 3. The second-order valence-electron chi connectivity index (χ2n) is 5.00. The van der Waals surface area contributed by atoms with E-state index in [4.69, 9.17) is 0 Å². The van der Waals surface area contributed by atoms with Crippen molar-refractivity contribution >= 4 is 23.8 Å². The molecule has 110 valence electrons. The predicted molar refractivity (Wildman–Crippen MR) is 77.5 cm³/mol. The molecule has 2 N–H and O–H groups in total. The normalized spacial score (nSPS) is 22.7. The fourth-order valence-corrected chi connectivity index (χ4v) is 3.24. The molecule has 0 aromatic carbocycles. The third-order valence-corrected chi connectivity index (χ3v) is 5.01. The summed E-state index contributed by atoms with van der Waals surface area (Å²) in [5.74, 6) is -0.101. The highest BCUT2D eigenvalue weighted by Gasteiger charge is 2.29. The maximum Gasteiger partial charge on any atom is 0.326 e. The molecule has 0 spiro atoms. The monoisotopic (exact) mass is 288 g/mol. The Morgan fingerprint density at radius 3 is 2.68 bits per heavy atom. The summed E-state index contributed by atoms with van der Waals surface area (Å²) in [6.07, 6.45) is 1.76. The molecule has 1 rings (SSSR count). The Hall–Kier alpha value is -0.910. The fraction of sp³-hybridized carbons (Fsp3) is 0.846. The number of aliphatic carboxylic acids is 1. The van der Waals surface area contributed by atoms with E-state index in [0.29, 0.717) is 18.3 Å². The first kappa shape index (κ1) is 16.1. The van der Waals surface area contributed by atoms with Gasteiger partial charge < -0.3 is 15.3 Å². The summed E-state index contributed by atoms with van der Waals surface area (Å²) in [6.45, 7) is 7.29. The quantitative estimate of drug-likeness (QED) is 0.812. The average molecular weight is 288 g/mol. The van der Waals surface area contributed by atoms with Crippen LogP contribution in [-0.2, 0) is 4.79 Å². The van der Waals surface area contributed by atoms with E-state index in [2.05, 4.69) is 12.2 Å². The summed E-state index contributed by atoms with van der Waals surface area (Å²) in [5.41, 5.74) is 0. The number of nitrogens with one attached hydrogen (secondary N) is 1. The molecule has 1 fully saturated rings. The molecule has 0 bridgehead atoms. The molecular formula is C13H24N2O3S. The molecule has 1 aliphatic heterocycles. The van der Waals surface area contributed by atoms with E-state index >= 15 is 0 Å². The van der Waals surface area contributed by atoms with E-state index in [1.165, 1.54) is 0 Å². The third kappa shape index (κ3) is 4.60. The first-order chi connectivity index (χ1) is 8.99. The first-order valence-corrected chi connectivity index (χ1v) is 7.94. The minimum Gasteiger partial charge on any atom is -0.480 e. The van der Waals surface area contributed by atoms with Gasteiger partial charge in [0.1, 0.15) is 6.04 Å². The number of carboxylic acid groups (broad SMARTS) is 1. The van der Waals surface area contributed by atoms with Crippen LogP contribution in [0.2, 0.25) is 0 Å². The molecule has 6 heteroatoms. The lowest BCUT2D eigenvalue weighted by molar-refractivity contribution is -0.140. The first-order valence-electron chi connectivity index (χ1n) is 6.89. The number of thioether (sulfide) groups is 1. The highest BCUT2D eigenvalue weighted by molar-refractivity contribution is 8.00. The van der Waals surface area contributed by atoms with Gasteiger partial charge in [0.15, 0.2) is 0 Å². The van der Waals surface area contributed by atoms with E-state index in [1.807, 2.05) is 25.6 Å². The lowest BCUT2D eigenvalue weighted by Gasteiger charge is -2.33. The Bertz CT molecular complexity index is 325. The van der Waals surface area contributed by atoms with Crippen LogP contribution >= 0.6 is 11.8 Å². The summed E-state index contributed by atoms with van der Waals surface area (Å²) in [4.78, 5) is 25.1. The highest BCUT2D eigenvalue weighted by Crippen LogP contribution is 2.21. The molecule has 1 aliphatic rings. The second kappa shape index (κ2) is 7.62. The zero-order valence-electron chi connectivity index (χ0n) is 11.9. The summed E-state index contributed by atoms with van der Waals surface area (Å²) in [6, 6.07) is -1.04. The van der Waals surface area contributed by atoms with E-state index in [0.717, 1.165) is 18.6 Å². The average Bonchev–Trinajstić information content (AvgIpc) is 2.43. The molecule has 0 aromatic rings. The van der Waals surface area contributed by atoms with Gasteiger partial charge >= 0.3 is 12.0 Å². The summed E-state index contributed by atoms with van der Waals surface area (Å²) >= 11 is 1.88. The zero-order chi connectivity index (χ0) is 14.4. The molecular weight excluding hydrogens is 264 g/mol. The number of carbonyl (C=O) groups is 2. The molecule has 3 unspecified atom stereocenters. The van der Waals surface area contributed by atoms with Gasteiger partial charge in [0.2, 0.25) is 0 Å². The summed E-state index contributed by atoms with van der Waals surface area (Å²) in [5, 5.41) is 12.3. The van der Waals surface area contributed by atoms with Crippen LogP contribution in [-0.4, -0.2) is 52.1 Å². The standard InChI is InChI=1S/C13H24N2O3S/c1-4-9(3)11(12(16)17)14-13(18)15-6-7-19-10(5-2)8-15/h9-11H,4-8H2,1-3H3,(H,14,18)(H,16,17). The summed E-state index contributed by atoms with van der Waals surface area (Å²) < 4.78 is 0. The van der Waals surface area contributed by atoms with Crippen molar-refractivity contribution in [2.24, 2.45) is 5.92 Å². The van der Waals surface area contributed by atoms with E-state index < -0.39 is 12.0 Å². The molecule has 0 aliphatic carbocycles. The minimum atomic E-state index is -0.957. The number of nitrogens with zero attached hydrogens (tertiary/aromatic N) is 1. The van der Waals surface area contributed by atoms with Crippen LogP contribution in [0.25, 0.3) is 0 Å². The van der Waals surface area contributed by atoms with Gasteiger partial charge in [-0.3, -0.25) is 0 Å². The molecule has 0 radical (unpaired) electrons. The lowest BCUT2D eigenvalue weighted by atomic mass is 9.99. The summed E-state index contributed by atoms with van der Waals surface area (Å²) in [7, 11) is 0. The number of amides is 2. The van der Waals surface area contributed by atoms with Gasteiger partial charge in [0, 0.05) is 24.1 Å². The number of hydrogen-bond donors (Lipinski definition) is 2. The van der Waals surface area contributed by atoms with Crippen LogP contribution in [0.4, 0.5) is 4.79 Å². The van der Waals surface area contributed by atoms with Crippen LogP contribution in [0.15, 0.2) is 0 Å². The second-order valence-corrected chi connectivity index (χ2v) is 6.41. The van der Waals surface area contributed by atoms with Crippen molar-refractivity contribution in [2.75, 3.05) is 18.8 Å². The SMILES string of the molecule is CCC1CN(C(=O)NC(C(=O)O)C(C)CC)CCS1. The lowest BCUT2D eigenvalue weighted by Crippen LogP contribution is -2.53. The molecule has 2 amide bonds. The van der Waals surface area contributed by atoms with Crippen LogP contribution in [0.1, 0.15) is 33.6 Å². The molecule has 0 aromatic heterocycles. The Morgan fingerprint density at radius 1 is 1.47 bits per heavy atom. The maximum absolute atomic E-state index is 12.1. The van der Waals surface area contributed by atoms with E-state index in [9.17, 15) is 14.7 Å². The Labute approximate surface area is 119 Å². The van der Waals surface area contributed by atoms with Gasteiger partial charge in [-0.05, 0) is 12.3 Å². The molecule has 19 heavy (non-hydrogen) atoms. The van der Waals surface area contributed by atoms with Crippen LogP contribution < -0.4 is 5.32 Å². The van der Waals surface area contributed by atoms with Crippen LogP contribution in [0, 0.1) is 5.92 Å². The van der Waals surface area contributed by atoms with Crippen molar-refractivity contribution in [3.63, 3.8) is 0 Å². The third-order valence-electron chi connectivity index (χ3n) is 3.64. The molecule has 1 heterocycles. The predicted octanol–water partition coefficient (Wildman–Crippen LogP) is 2.02. The molecule has 1 saturated heterocycles. The highest BCUT2D eigenvalue weighted by atomic mass is 32.2. The van der Waals surface area contributed by atoms with Gasteiger partial charge in [0.25, 0.3) is 0 Å². The van der Waals surface area contributed by atoms with Crippen molar-refractivity contribution < 1.29 is 14.7 Å². The topological polar surface area (TPSA) is 69.6 Å². The van der Waals surface area contributed by atoms with Crippen molar-refractivity contribution in [1.29, 1.82) is 0 Å². The van der Waals surface area contributed by atoms with Crippen LogP contribution in [0.3, 0.4) is 0 Å². The van der Waals surface area contributed by atoms with Crippen molar-refractivity contribution in [1.82, 2.24) is 10.2 Å². The molecule has 5 nitrogen and oxygen atoms in total. The smallest absolute Gasteiger partial charge is 0.326 e. The van der Waals surface area contributed by atoms with Gasteiger partial charge in [0.05, 0.1) is 0 Å². The van der Waals surface area contributed by atoms with Gasteiger partial charge in [-0.2, -0.15) is 11.8 Å². The van der Waals surface area contributed by atoms with Crippen LogP contribution in [0.5, 0.6) is 0 Å². The molecule has 3 atom stereocenters. The Kier molecular flexibility index (Phi) is 6.48. The Balaban J connectivity index is 2.58. The van der Waals surface area contributed by atoms with Gasteiger partial charge in [-0.25, -0.2) is 9.59 Å². The van der Waals surface area contributed by atoms with E-state index in [1.54, 1.807) is 4.90 Å². The zero-order valence-corrected chi connectivity index (χ0v) is 12.7. The molecule has 0 saturated carbocycles. The van der Waals surface area contributed by atoms with Crippen molar-refractivity contribution in [2.45, 2.75) is 44.9 Å². The van der Waals surface area contributed by atoms with E-state index in [-0.39, 0.29) is 11.9 Å². The Morgan fingerprint density at radius 2 is 2.16 bits per heavy atom. The van der Waals surface area contributed by atoms with Crippen molar-refractivity contribution in [3.8, 4) is 0 Å². The number of carbonyl (C=O) groups excluding carboxylic acids is 1. The number of rotatable bonds is 5. The number of urea groups is 1. The maximum atomic E-state index is 12.1. The largest absolute Gasteiger partial charge is 0.480 e. The fourth-order valence-electron chi connectivity index (χ4n) is 2.06. The number of carboxylic acids is 1. The minimum absolute atomic E-state index is 0.0670. The van der Waals surface area contributed by atoms with Crippen molar-refractivity contribution in [3.05, 3.63) is 0 Å².